The van der Waals surface area contributed by atoms with Crippen molar-refractivity contribution in [2.75, 3.05) is 12.9 Å². The van der Waals surface area contributed by atoms with E-state index in [-0.39, 0.29) is 12.5 Å². The Hall–Kier alpha value is -1.69. The van der Waals surface area contributed by atoms with Gasteiger partial charge in [-0.1, -0.05) is 46.6 Å². The molecule has 0 atom stereocenters. The van der Waals surface area contributed by atoms with Crippen LogP contribution in [0.2, 0.25) is 10.0 Å². The highest BCUT2D eigenvalue weighted by Gasteiger charge is 2.05. The third-order valence-corrected chi connectivity index (χ3v) is 4.41. The molecule has 0 radical (unpaired) electrons. The summed E-state index contributed by atoms with van der Waals surface area (Å²) < 4.78 is 0. The van der Waals surface area contributed by atoms with E-state index in [1.807, 2.05) is 30.5 Å². The lowest BCUT2D eigenvalue weighted by Crippen LogP contribution is -2.26. The van der Waals surface area contributed by atoms with Gasteiger partial charge in [0.1, 0.15) is 0 Å². The van der Waals surface area contributed by atoms with Gasteiger partial charge < -0.3 is 10.2 Å². The molecule has 0 unspecified atom stereocenters. The number of oxime groups is 1. The van der Waals surface area contributed by atoms with Crippen LogP contribution in [-0.2, 0) is 16.2 Å². The highest BCUT2D eigenvalue weighted by atomic mass is 35.5. The zero-order chi connectivity index (χ0) is 17.4. The first-order valence-corrected chi connectivity index (χ1v) is 9.06. The maximum atomic E-state index is 11.7. The molecule has 7 heteroatoms. The van der Waals surface area contributed by atoms with E-state index in [9.17, 15) is 4.79 Å². The van der Waals surface area contributed by atoms with Crippen molar-refractivity contribution in [1.82, 2.24) is 5.32 Å². The lowest BCUT2D eigenvalue weighted by atomic mass is 10.2. The van der Waals surface area contributed by atoms with E-state index in [4.69, 9.17) is 28.0 Å². The molecule has 0 spiro atoms. The van der Waals surface area contributed by atoms with E-state index in [2.05, 4.69) is 10.5 Å². The standard InChI is InChI=1S/C17H16Cl2N2O2S/c1-24-15-6-2-12(3-7-15)9-21-23-11-17(22)20-10-13-4-5-14(18)8-16(13)19/h2-9H,10-11H2,1H3,(H,20,22)/b21-9+. The van der Waals surface area contributed by atoms with E-state index in [1.54, 1.807) is 36.2 Å². The molecule has 4 nitrogen and oxygen atoms in total. The average Bonchev–Trinajstić information content (AvgIpc) is 2.58. The van der Waals surface area contributed by atoms with Gasteiger partial charge in [-0.3, -0.25) is 4.79 Å². The minimum Gasteiger partial charge on any atom is -0.386 e. The normalized spacial score (nSPS) is 10.8. The molecule has 2 aromatic rings. The Morgan fingerprint density at radius 1 is 1.25 bits per heavy atom. The van der Waals surface area contributed by atoms with Crippen molar-refractivity contribution >= 4 is 47.1 Å². The van der Waals surface area contributed by atoms with Gasteiger partial charge >= 0.3 is 0 Å². The second kappa shape index (κ2) is 9.57. The van der Waals surface area contributed by atoms with Gasteiger partial charge in [0.15, 0.2) is 6.61 Å². The van der Waals surface area contributed by atoms with Crippen LogP contribution in [-0.4, -0.2) is 25.0 Å². The molecule has 2 aromatic carbocycles. The second-order valence-electron chi connectivity index (χ2n) is 4.79. The average molecular weight is 383 g/mol. The van der Waals surface area contributed by atoms with Crippen molar-refractivity contribution in [2.24, 2.45) is 5.16 Å². The van der Waals surface area contributed by atoms with Gasteiger partial charge in [-0.25, -0.2) is 0 Å². The molecule has 1 N–H and O–H groups in total. The minimum absolute atomic E-state index is 0.162. The number of rotatable bonds is 7. The quantitative estimate of drug-likeness (QED) is 0.439. The summed E-state index contributed by atoms with van der Waals surface area (Å²) in [4.78, 5) is 17.9. The van der Waals surface area contributed by atoms with Crippen LogP contribution in [0.5, 0.6) is 0 Å². The lowest BCUT2D eigenvalue weighted by Gasteiger charge is -2.06. The molecule has 1 amide bonds. The van der Waals surface area contributed by atoms with E-state index in [0.29, 0.717) is 16.6 Å². The van der Waals surface area contributed by atoms with Crippen LogP contribution < -0.4 is 5.32 Å². The Bertz CT molecular complexity index is 721. The fraction of sp³-hybridized carbons (Fsp3) is 0.176. The number of hydrogen-bond acceptors (Lipinski definition) is 4. The van der Waals surface area contributed by atoms with Crippen LogP contribution in [0.4, 0.5) is 0 Å². The van der Waals surface area contributed by atoms with Crippen molar-refractivity contribution in [3.8, 4) is 0 Å². The van der Waals surface area contributed by atoms with Crippen LogP contribution >= 0.6 is 35.0 Å². The van der Waals surface area contributed by atoms with Crippen LogP contribution in [0.3, 0.4) is 0 Å². The zero-order valence-electron chi connectivity index (χ0n) is 13.0. The predicted octanol–water partition coefficient (Wildman–Crippen LogP) is 4.38. The van der Waals surface area contributed by atoms with Gasteiger partial charge in [0, 0.05) is 21.5 Å². The van der Waals surface area contributed by atoms with E-state index in [1.165, 1.54) is 4.90 Å². The number of halogens is 2. The summed E-state index contributed by atoms with van der Waals surface area (Å²) in [5.41, 5.74) is 1.69. The SMILES string of the molecule is CSc1ccc(/C=N/OCC(=O)NCc2ccc(Cl)cc2Cl)cc1. The first-order chi connectivity index (χ1) is 11.6. The molecular formula is C17H16Cl2N2O2S. The predicted molar refractivity (Wildman–Crippen MR) is 100 cm³/mol. The van der Waals surface area contributed by atoms with Crippen LogP contribution in [0.25, 0.3) is 0 Å². The Kier molecular flexibility index (Phi) is 7.43. The summed E-state index contributed by atoms with van der Waals surface area (Å²) >= 11 is 13.5. The van der Waals surface area contributed by atoms with Gasteiger partial charge in [-0.2, -0.15) is 0 Å². The van der Waals surface area contributed by atoms with Gasteiger partial charge in [-0.15, -0.1) is 11.8 Å². The summed E-state index contributed by atoms with van der Waals surface area (Å²) in [6.07, 6.45) is 3.58. The number of nitrogens with one attached hydrogen (secondary N) is 1. The largest absolute Gasteiger partial charge is 0.386 e. The fourth-order valence-corrected chi connectivity index (χ4v) is 2.68. The number of benzene rings is 2. The molecule has 0 fully saturated rings. The van der Waals surface area contributed by atoms with Gasteiger partial charge in [0.25, 0.3) is 5.91 Å². The first-order valence-electron chi connectivity index (χ1n) is 7.08. The number of nitrogens with zero attached hydrogens (tertiary/aromatic N) is 1. The lowest BCUT2D eigenvalue weighted by molar-refractivity contribution is -0.125. The third-order valence-electron chi connectivity index (χ3n) is 3.08. The molecule has 0 aliphatic carbocycles. The van der Waals surface area contributed by atoms with Gasteiger partial charge in [-0.05, 0) is 41.6 Å². The molecule has 24 heavy (non-hydrogen) atoms. The molecule has 0 aliphatic rings. The number of amides is 1. The smallest absolute Gasteiger partial charge is 0.261 e. The molecular weight excluding hydrogens is 367 g/mol. The van der Waals surface area contributed by atoms with Gasteiger partial charge in [0.2, 0.25) is 0 Å². The Labute approximate surface area is 155 Å². The summed E-state index contributed by atoms with van der Waals surface area (Å²) in [7, 11) is 0. The van der Waals surface area contributed by atoms with Gasteiger partial charge in [0.05, 0.1) is 6.21 Å². The molecule has 0 saturated carbocycles. The molecule has 0 heterocycles. The zero-order valence-corrected chi connectivity index (χ0v) is 15.3. The number of hydrogen-bond donors (Lipinski definition) is 1. The van der Waals surface area contributed by atoms with Crippen molar-refractivity contribution in [3.05, 3.63) is 63.6 Å². The minimum atomic E-state index is -0.282. The third kappa shape index (κ3) is 6.07. The molecule has 0 bridgehead atoms. The summed E-state index contributed by atoms with van der Waals surface area (Å²) in [6.45, 7) is 0.142. The summed E-state index contributed by atoms with van der Waals surface area (Å²) in [5, 5.41) is 7.55. The van der Waals surface area contributed by atoms with Crippen molar-refractivity contribution in [3.63, 3.8) is 0 Å². The van der Waals surface area contributed by atoms with Crippen LogP contribution in [0.1, 0.15) is 11.1 Å². The van der Waals surface area contributed by atoms with Crippen LogP contribution in [0, 0.1) is 0 Å². The number of carbonyl (C=O) groups is 1. The maximum Gasteiger partial charge on any atom is 0.261 e. The summed E-state index contributed by atoms with van der Waals surface area (Å²) in [5.74, 6) is -0.282. The van der Waals surface area contributed by atoms with Crippen LogP contribution in [0.15, 0.2) is 52.5 Å². The first kappa shape index (κ1) is 18.6. The second-order valence-corrected chi connectivity index (χ2v) is 6.52. The van der Waals surface area contributed by atoms with E-state index < -0.39 is 0 Å². The van der Waals surface area contributed by atoms with Crippen molar-refractivity contribution < 1.29 is 9.63 Å². The molecule has 2 rings (SSSR count). The molecule has 0 aliphatic heterocycles. The van der Waals surface area contributed by atoms with Crippen molar-refractivity contribution in [2.45, 2.75) is 11.4 Å². The van der Waals surface area contributed by atoms with E-state index in [0.717, 1.165) is 11.1 Å². The Morgan fingerprint density at radius 3 is 2.67 bits per heavy atom. The summed E-state index contributed by atoms with van der Waals surface area (Å²) in [6, 6.07) is 13.0. The maximum absolute atomic E-state index is 11.7. The molecule has 0 saturated heterocycles. The Morgan fingerprint density at radius 2 is 2.00 bits per heavy atom. The van der Waals surface area contributed by atoms with E-state index >= 15 is 0 Å². The highest BCUT2D eigenvalue weighted by Crippen LogP contribution is 2.20. The van der Waals surface area contributed by atoms with Crippen molar-refractivity contribution in [1.29, 1.82) is 0 Å². The monoisotopic (exact) mass is 382 g/mol. The highest BCUT2D eigenvalue weighted by molar-refractivity contribution is 7.98. The topological polar surface area (TPSA) is 50.7 Å². The molecule has 126 valence electrons. The fourth-order valence-electron chi connectivity index (χ4n) is 1.79. The molecule has 0 aromatic heterocycles. The Balaban J connectivity index is 1.73. The number of carbonyl (C=O) groups excluding carboxylic acids is 1. The number of thioether (sulfide) groups is 1.